The van der Waals surface area contributed by atoms with Crippen molar-refractivity contribution < 1.29 is 9.72 Å². The summed E-state index contributed by atoms with van der Waals surface area (Å²) in [6.07, 6.45) is 4.44. The number of non-ortho nitro benzene ring substituents is 1. The lowest BCUT2D eigenvalue weighted by molar-refractivity contribution is -0.384. The maximum atomic E-state index is 12.3. The number of benzene rings is 1. The van der Waals surface area contributed by atoms with E-state index in [-0.39, 0.29) is 11.6 Å². The molecule has 1 aromatic heterocycles. The van der Waals surface area contributed by atoms with E-state index in [1.807, 2.05) is 6.07 Å². The van der Waals surface area contributed by atoms with Gasteiger partial charge in [0, 0.05) is 22.6 Å². The zero-order valence-corrected chi connectivity index (χ0v) is 14.1. The number of amides is 1. The molecule has 24 heavy (non-hydrogen) atoms. The Morgan fingerprint density at radius 3 is 2.83 bits per heavy atom. The summed E-state index contributed by atoms with van der Waals surface area (Å²) in [7, 11) is 0. The Morgan fingerprint density at radius 1 is 1.29 bits per heavy atom. The maximum Gasteiger partial charge on any atom is 0.281 e. The van der Waals surface area contributed by atoms with E-state index < -0.39 is 4.92 Å². The monoisotopic (exact) mass is 343 g/mol. The zero-order valence-electron chi connectivity index (χ0n) is 13.2. The van der Waals surface area contributed by atoms with E-state index in [0.717, 1.165) is 12.8 Å². The van der Waals surface area contributed by atoms with Gasteiger partial charge in [-0.05, 0) is 44.2 Å². The number of nitrogens with one attached hydrogen (secondary N) is 1. The van der Waals surface area contributed by atoms with Crippen LogP contribution in [0.2, 0.25) is 0 Å². The van der Waals surface area contributed by atoms with E-state index in [1.165, 1.54) is 46.8 Å². The molecule has 2 aromatic rings. The second-order valence-electron chi connectivity index (χ2n) is 5.71. The van der Waals surface area contributed by atoms with Gasteiger partial charge in [0.25, 0.3) is 11.6 Å². The van der Waals surface area contributed by atoms with Crippen molar-refractivity contribution in [3.63, 3.8) is 0 Å². The van der Waals surface area contributed by atoms with Crippen molar-refractivity contribution in [2.45, 2.75) is 32.6 Å². The van der Waals surface area contributed by atoms with E-state index >= 15 is 0 Å². The first-order valence-corrected chi connectivity index (χ1v) is 8.57. The Hall–Kier alpha value is -2.54. The second kappa shape index (κ2) is 6.92. The van der Waals surface area contributed by atoms with Crippen LogP contribution in [0.1, 0.15) is 45.4 Å². The van der Waals surface area contributed by atoms with Gasteiger partial charge >= 0.3 is 0 Å². The van der Waals surface area contributed by atoms with Gasteiger partial charge in [-0.15, -0.1) is 11.3 Å². The minimum Gasteiger partial charge on any atom is -0.266 e. The van der Waals surface area contributed by atoms with Crippen molar-refractivity contribution in [2.24, 2.45) is 5.10 Å². The van der Waals surface area contributed by atoms with Gasteiger partial charge in [0.1, 0.15) is 0 Å². The molecule has 0 bridgehead atoms. The van der Waals surface area contributed by atoms with Gasteiger partial charge in [-0.25, -0.2) is 5.43 Å². The molecule has 3 rings (SSSR count). The summed E-state index contributed by atoms with van der Waals surface area (Å²) in [6.45, 7) is 1.71. The zero-order chi connectivity index (χ0) is 17.1. The van der Waals surface area contributed by atoms with Gasteiger partial charge in [0.2, 0.25) is 0 Å². The van der Waals surface area contributed by atoms with Crippen molar-refractivity contribution in [3.8, 4) is 0 Å². The highest BCUT2D eigenvalue weighted by Gasteiger charge is 2.17. The molecule has 1 aliphatic rings. The number of carbonyl (C=O) groups is 1. The number of nitro benzene ring substituents is 1. The molecule has 0 atom stereocenters. The standard InChI is InChI=1S/C17H17N3O3S/c1-11(12-6-4-7-14(9-12)20(22)23)18-19-17(21)16-10-13-5-2-3-8-15(13)24-16/h4,6-7,9-10H,2-3,5,8H2,1H3,(H,19,21)/b18-11+. The molecular formula is C17H17N3O3S. The van der Waals surface area contributed by atoms with Gasteiger partial charge in [0.15, 0.2) is 0 Å². The van der Waals surface area contributed by atoms with E-state index in [0.29, 0.717) is 16.2 Å². The van der Waals surface area contributed by atoms with Crippen molar-refractivity contribution in [1.29, 1.82) is 0 Å². The molecule has 0 saturated carbocycles. The summed E-state index contributed by atoms with van der Waals surface area (Å²) in [5.74, 6) is -0.237. The topological polar surface area (TPSA) is 84.6 Å². The van der Waals surface area contributed by atoms with Crippen LogP contribution in [0.15, 0.2) is 35.4 Å². The van der Waals surface area contributed by atoms with E-state index in [4.69, 9.17) is 0 Å². The number of fused-ring (bicyclic) bond motifs is 1. The minimum absolute atomic E-state index is 0.000640. The molecular weight excluding hydrogens is 326 g/mol. The lowest BCUT2D eigenvalue weighted by Gasteiger charge is -2.08. The second-order valence-corrected chi connectivity index (χ2v) is 6.85. The smallest absolute Gasteiger partial charge is 0.266 e. The Labute approximate surface area is 143 Å². The van der Waals surface area contributed by atoms with E-state index in [2.05, 4.69) is 10.5 Å². The van der Waals surface area contributed by atoms with Gasteiger partial charge in [-0.3, -0.25) is 14.9 Å². The first-order chi connectivity index (χ1) is 11.5. The van der Waals surface area contributed by atoms with Crippen molar-refractivity contribution in [2.75, 3.05) is 0 Å². The number of hydrogen-bond acceptors (Lipinski definition) is 5. The Balaban J connectivity index is 1.72. The van der Waals surface area contributed by atoms with Crippen LogP contribution < -0.4 is 5.43 Å². The van der Waals surface area contributed by atoms with E-state index in [1.54, 1.807) is 19.1 Å². The molecule has 1 heterocycles. The van der Waals surface area contributed by atoms with Gasteiger partial charge < -0.3 is 0 Å². The third-order valence-corrected chi connectivity index (χ3v) is 5.26. The minimum atomic E-state index is -0.453. The SMILES string of the molecule is C/C(=N\NC(=O)c1cc2c(s1)CCCC2)c1cccc([N+](=O)[O-])c1. The first-order valence-electron chi connectivity index (χ1n) is 7.75. The normalized spacial score (nSPS) is 14.1. The highest BCUT2D eigenvalue weighted by molar-refractivity contribution is 7.14. The molecule has 1 amide bonds. The van der Waals surface area contributed by atoms with Crippen LogP contribution in [0.4, 0.5) is 5.69 Å². The van der Waals surface area contributed by atoms with Gasteiger partial charge in [-0.1, -0.05) is 12.1 Å². The van der Waals surface area contributed by atoms with Crippen LogP contribution in [-0.2, 0) is 12.8 Å². The summed E-state index contributed by atoms with van der Waals surface area (Å²) >= 11 is 1.53. The van der Waals surface area contributed by atoms with Crippen LogP contribution in [-0.4, -0.2) is 16.5 Å². The number of carbonyl (C=O) groups excluding carboxylic acids is 1. The molecule has 7 heteroatoms. The van der Waals surface area contributed by atoms with Crippen LogP contribution in [0.5, 0.6) is 0 Å². The summed E-state index contributed by atoms with van der Waals surface area (Å²) < 4.78 is 0. The number of aryl methyl sites for hydroxylation is 2. The average molecular weight is 343 g/mol. The van der Waals surface area contributed by atoms with Crippen molar-refractivity contribution >= 4 is 28.6 Å². The predicted octanol–water partition coefficient (Wildman–Crippen LogP) is 3.69. The fourth-order valence-electron chi connectivity index (χ4n) is 2.70. The quantitative estimate of drug-likeness (QED) is 0.522. The highest BCUT2D eigenvalue weighted by atomic mass is 32.1. The third-order valence-electron chi connectivity index (χ3n) is 4.02. The molecule has 0 radical (unpaired) electrons. The summed E-state index contributed by atoms with van der Waals surface area (Å²) in [4.78, 5) is 24.6. The fraction of sp³-hybridized carbons (Fsp3) is 0.294. The molecule has 0 unspecified atom stereocenters. The summed E-state index contributed by atoms with van der Waals surface area (Å²) in [6, 6.07) is 8.14. The predicted molar refractivity (Wildman–Crippen MR) is 93.7 cm³/mol. The first kappa shape index (κ1) is 16.3. The fourth-order valence-corrected chi connectivity index (χ4v) is 3.84. The van der Waals surface area contributed by atoms with Gasteiger partial charge in [-0.2, -0.15) is 5.10 Å². The Morgan fingerprint density at radius 2 is 2.08 bits per heavy atom. The molecule has 124 valence electrons. The third kappa shape index (κ3) is 3.51. The van der Waals surface area contributed by atoms with Gasteiger partial charge in [0.05, 0.1) is 15.5 Å². The molecule has 6 nitrogen and oxygen atoms in total. The van der Waals surface area contributed by atoms with Crippen molar-refractivity contribution in [3.05, 3.63) is 61.3 Å². The summed E-state index contributed by atoms with van der Waals surface area (Å²) in [5, 5.41) is 14.9. The molecule has 1 aliphatic carbocycles. The Kier molecular flexibility index (Phi) is 4.71. The number of hydrazone groups is 1. The van der Waals surface area contributed by atoms with Crippen molar-refractivity contribution in [1.82, 2.24) is 5.43 Å². The number of nitro groups is 1. The number of nitrogens with zero attached hydrogens (tertiary/aromatic N) is 2. The van der Waals surface area contributed by atoms with Crippen LogP contribution in [0, 0.1) is 10.1 Å². The molecule has 0 fully saturated rings. The number of thiophene rings is 1. The molecule has 1 aromatic carbocycles. The average Bonchev–Trinajstić information content (AvgIpc) is 3.03. The lowest BCUT2D eigenvalue weighted by atomic mass is 9.99. The Bertz CT molecular complexity index is 803. The van der Waals surface area contributed by atoms with Crippen LogP contribution >= 0.6 is 11.3 Å². The molecule has 1 N–H and O–H groups in total. The van der Waals surface area contributed by atoms with Crippen LogP contribution in [0.3, 0.4) is 0 Å². The maximum absolute atomic E-state index is 12.3. The van der Waals surface area contributed by atoms with E-state index in [9.17, 15) is 14.9 Å². The summed E-state index contributed by atoms with van der Waals surface area (Å²) in [5.41, 5.74) is 4.95. The number of rotatable bonds is 4. The molecule has 0 saturated heterocycles. The molecule has 0 aliphatic heterocycles. The molecule has 0 spiro atoms. The highest BCUT2D eigenvalue weighted by Crippen LogP contribution is 2.29. The van der Waals surface area contributed by atoms with Crippen LogP contribution in [0.25, 0.3) is 0 Å². The number of hydrogen-bond donors (Lipinski definition) is 1. The largest absolute Gasteiger partial charge is 0.281 e. The lowest BCUT2D eigenvalue weighted by Crippen LogP contribution is -2.18.